The Hall–Kier alpha value is -3.72. The molecule has 0 fully saturated rings. The number of nitrogens with zero attached hydrogens (tertiary/aromatic N) is 3. The summed E-state index contributed by atoms with van der Waals surface area (Å²) in [7, 11) is 0. The van der Waals surface area contributed by atoms with Crippen LogP contribution in [0.3, 0.4) is 0 Å². The monoisotopic (exact) mass is 434 g/mol. The number of primary amides is 1. The summed E-state index contributed by atoms with van der Waals surface area (Å²) >= 11 is 1.57. The molecule has 0 aliphatic carbocycles. The fourth-order valence-corrected chi connectivity index (χ4v) is 3.95. The molecule has 3 aromatic heterocycles. The van der Waals surface area contributed by atoms with Crippen molar-refractivity contribution in [1.29, 1.82) is 0 Å². The number of thiophene rings is 1. The number of hydrogen-bond donors (Lipinski definition) is 3. The van der Waals surface area contributed by atoms with E-state index in [9.17, 15) is 9.59 Å². The number of pyridine rings is 1. The van der Waals surface area contributed by atoms with Gasteiger partial charge in [0.15, 0.2) is 5.65 Å². The van der Waals surface area contributed by atoms with Gasteiger partial charge in [0.1, 0.15) is 0 Å². The van der Waals surface area contributed by atoms with Crippen molar-refractivity contribution in [2.45, 2.75) is 26.4 Å². The molecule has 31 heavy (non-hydrogen) atoms. The molecule has 4 N–H and O–H groups in total. The van der Waals surface area contributed by atoms with Gasteiger partial charge in [-0.15, -0.1) is 11.3 Å². The van der Waals surface area contributed by atoms with Gasteiger partial charge in [0.05, 0.1) is 27.7 Å². The highest BCUT2D eigenvalue weighted by atomic mass is 32.1. The van der Waals surface area contributed by atoms with Gasteiger partial charge >= 0.3 is 6.03 Å². The molecule has 0 aliphatic rings. The predicted octanol–water partition coefficient (Wildman–Crippen LogP) is 4.16. The number of carbonyl (C=O) groups is 2. The molecule has 3 amide bonds. The van der Waals surface area contributed by atoms with Gasteiger partial charge in [0.2, 0.25) is 0 Å². The summed E-state index contributed by atoms with van der Waals surface area (Å²) in [4.78, 5) is 29.8. The second-order valence-corrected chi connectivity index (χ2v) is 8.27. The van der Waals surface area contributed by atoms with Gasteiger partial charge in [-0.2, -0.15) is 5.10 Å². The van der Waals surface area contributed by atoms with Crippen LogP contribution in [0.25, 0.3) is 21.6 Å². The lowest BCUT2D eigenvalue weighted by atomic mass is 10.1. The van der Waals surface area contributed by atoms with Crippen LogP contribution in [0.2, 0.25) is 0 Å². The van der Waals surface area contributed by atoms with Gasteiger partial charge < -0.3 is 16.4 Å². The Bertz CT molecular complexity index is 1230. The molecule has 158 valence electrons. The molecule has 9 heteroatoms. The molecule has 4 aromatic rings. The first kappa shape index (κ1) is 20.5. The van der Waals surface area contributed by atoms with E-state index < -0.39 is 6.03 Å². The first-order chi connectivity index (χ1) is 14.9. The molecule has 3 heterocycles. The van der Waals surface area contributed by atoms with Crippen LogP contribution in [0.4, 0.5) is 10.5 Å². The largest absolute Gasteiger partial charge is 0.351 e. The lowest BCUT2D eigenvalue weighted by Gasteiger charge is -2.11. The summed E-state index contributed by atoms with van der Waals surface area (Å²) in [6.07, 6.45) is 1.69. The minimum atomic E-state index is -0.619. The van der Waals surface area contributed by atoms with Crippen LogP contribution >= 0.6 is 11.3 Å². The maximum Gasteiger partial charge on any atom is 0.316 e. The Balaban J connectivity index is 1.62. The first-order valence-electron chi connectivity index (χ1n) is 9.78. The zero-order valence-electron chi connectivity index (χ0n) is 17.1. The molecule has 0 spiro atoms. The molecule has 0 radical (unpaired) electrons. The summed E-state index contributed by atoms with van der Waals surface area (Å²) in [5.74, 6) is -0.201. The number of anilines is 1. The van der Waals surface area contributed by atoms with E-state index in [1.165, 1.54) is 0 Å². The Morgan fingerprint density at radius 2 is 1.97 bits per heavy atom. The first-order valence-corrected chi connectivity index (χ1v) is 10.7. The SMILES string of the molecule is CC(C)n1ncc2c(C(=O)NCc3ccc(NC(N)=O)cc3)cc(-c3cccs3)nc21. The fraction of sp³-hybridized carbons (Fsp3) is 0.182. The number of nitrogens with two attached hydrogens (primary N) is 1. The smallest absolute Gasteiger partial charge is 0.316 e. The Morgan fingerprint density at radius 3 is 2.61 bits per heavy atom. The molecular formula is C22H22N6O2S. The number of rotatable bonds is 6. The molecule has 0 saturated carbocycles. The van der Waals surface area contributed by atoms with Crippen molar-refractivity contribution >= 4 is 40.0 Å². The van der Waals surface area contributed by atoms with E-state index in [0.29, 0.717) is 28.8 Å². The van der Waals surface area contributed by atoms with Crippen LogP contribution in [0.5, 0.6) is 0 Å². The van der Waals surface area contributed by atoms with Crippen LogP contribution in [-0.4, -0.2) is 26.7 Å². The van der Waals surface area contributed by atoms with E-state index in [-0.39, 0.29) is 11.9 Å². The third kappa shape index (κ3) is 4.41. The minimum absolute atomic E-state index is 0.118. The fourth-order valence-electron chi connectivity index (χ4n) is 3.26. The zero-order chi connectivity index (χ0) is 22.0. The number of nitrogens with one attached hydrogen (secondary N) is 2. The van der Waals surface area contributed by atoms with Crippen molar-refractivity contribution in [3.05, 3.63) is 65.2 Å². The Kier molecular flexibility index (Phi) is 5.68. The highest BCUT2D eigenvalue weighted by Crippen LogP contribution is 2.29. The van der Waals surface area contributed by atoms with E-state index in [2.05, 4.69) is 15.7 Å². The average molecular weight is 435 g/mol. The maximum atomic E-state index is 13.1. The Morgan fingerprint density at radius 1 is 1.19 bits per heavy atom. The van der Waals surface area contributed by atoms with E-state index >= 15 is 0 Å². The van der Waals surface area contributed by atoms with E-state index in [1.54, 1.807) is 29.7 Å². The number of benzene rings is 1. The highest BCUT2D eigenvalue weighted by molar-refractivity contribution is 7.13. The number of amides is 3. The van der Waals surface area contributed by atoms with Crippen molar-refractivity contribution in [2.24, 2.45) is 5.73 Å². The molecule has 0 atom stereocenters. The lowest BCUT2D eigenvalue weighted by Crippen LogP contribution is -2.23. The number of urea groups is 1. The maximum absolute atomic E-state index is 13.1. The van der Waals surface area contributed by atoms with Crippen molar-refractivity contribution in [3.63, 3.8) is 0 Å². The van der Waals surface area contributed by atoms with Crippen molar-refractivity contribution in [3.8, 4) is 10.6 Å². The minimum Gasteiger partial charge on any atom is -0.351 e. The van der Waals surface area contributed by atoms with Crippen LogP contribution in [0.15, 0.2) is 54.0 Å². The third-order valence-electron chi connectivity index (χ3n) is 4.75. The highest BCUT2D eigenvalue weighted by Gasteiger charge is 2.18. The Labute approximate surface area is 183 Å². The molecule has 0 saturated heterocycles. The van der Waals surface area contributed by atoms with Crippen LogP contribution in [-0.2, 0) is 6.54 Å². The van der Waals surface area contributed by atoms with E-state index in [1.807, 2.05) is 54.2 Å². The molecule has 0 bridgehead atoms. The summed E-state index contributed by atoms with van der Waals surface area (Å²) in [6.45, 7) is 4.40. The summed E-state index contributed by atoms with van der Waals surface area (Å²) in [5, 5.41) is 12.6. The normalized spacial score (nSPS) is 11.1. The number of fused-ring (bicyclic) bond motifs is 1. The molecule has 8 nitrogen and oxygen atoms in total. The van der Waals surface area contributed by atoms with Gasteiger partial charge in [0, 0.05) is 18.3 Å². The van der Waals surface area contributed by atoms with Crippen LogP contribution in [0, 0.1) is 0 Å². The second-order valence-electron chi connectivity index (χ2n) is 7.32. The third-order valence-corrected chi connectivity index (χ3v) is 5.64. The van der Waals surface area contributed by atoms with Gasteiger partial charge in [-0.05, 0) is 49.1 Å². The van der Waals surface area contributed by atoms with E-state index in [0.717, 1.165) is 16.1 Å². The van der Waals surface area contributed by atoms with Crippen LogP contribution in [0.1, 0.15) is 35.8 Å². The van der Waals surface area contributed by atoms with Gasteiger partial charge in [-0.25, -0.2) is 14.5 Å². The molecule has 0 unspecified atom stereocenters. The lowest BCUT2D eigenvalue weighted by molar-refractivity contribution is 0.0952. The topological polar surface area (TPSA) is 115 Å². The average Bonchev–Trinajstić information content (AvgIpc) is 3.41. The quantitative estimate of drug-likeness (QED) is 0.423. The second kappa shape index (κ2) is 8.57. The predicted molar refractivity (Wildman–Crippen MR) is 122 cm³/mol. The molecule has 0 aliphatic heterocycles. The summed E-state index contributed by atoms with van der Waals surface area (Å²) < 4.78 is 1.83. The summed E-state index contributed by atoms with van der Waals surface area (Å²) in [6, 6.07) is 12.4. The van der Waals surface area contributed by atoms with Crippen molar-refractivity contribution < 1.29 is 9.59 Å². The van der Waals surface area contributed by atoms with Gasteiger partial charge in [-0.1, -0.05) is 18.2 Å². The molecular weight excluding hydrogens is 412 g/mol. The standard InChI is InChI=1S/C22H22N6O2S/c1-13(2)28-20-17(12-25-28)16(10-18(27-20)19-4-3-9-31-19)21(29)24-11-14-5-7-15(8-6-14)26-22(23)30/h3-10,12-13H,11H2,1-2H3,(H,24,29)(H3,23,26,30). The molecule has 4 rings (SSSR count). The van der Waals surface area contributed by atoms with Gasteiger partial charge in [-0.3, -0.25) is 4.79 Å². The van der Waals surface area contributed by atoms with Gasteiger partial charge in [0.25, 0.3) is 5.91 Å². The molecule has 1 aromatic carbocycles. The number of aromatic nitrogens is 3. The van der Waals surface area contributed by atoms with E-state index in [4.69, 9.17) is 10.7 Å². The van der Waals surface area contributed by atoms with Crippen molar-refractivity contribution in [1.82, 2.24) is 20.1 Å². The van der Waals surface area contributed by atoms with Crippen LogP contribution < -0.4 is 16.4 Å². The number of hydrogen-bond acceptors (Lipinski definition) is 5. The zero-order valence-corrected chi connectivity index (χ0v) is 17.9. The summed E-state index contributed by atoms with van der Waals surface area (Å²) in [5.41, 5.74) is 8.58. The van der Waals surface area contributed by atoms with Crippen molar-refractivity contribution in [2.75, 3.05) is 5.32 Å². The number of carbonyl (C=O) groups excluding carboxylic acids is 2.